The largest absolute Gasteiger partial charge is 0.421 e. The summed E-state index contributed by atoms with van der Waals surface area (Å²) in [6, 6.07) is 5.53. The van der Waals surface area contributed by atoms with Gasteiger partial charge in [0.15, 0.2) is 5.58 Å². The van der Waals surface area contributed by atoms with Crippen LogP contribution in [0.1, 0.15) is 5.56 Å². The lowest BCUT2D eigenvalue weighted by molar-refractivity contribution is 0.567. The van der Waals surface area contributed by atoms with E-state index in [-0.39, 0.29) is 22.2 Å². The van der Waals surface area contributed by atoms with Gasteiger partial charge in [-0.15, -0.1) is 0 Å². The molecule has 0 saturated heterocycles. The van der Waals surface area contributed by atoms with Crippen LogP contribution in [0.3, 0.4) is 0 Å². The molecule has 0 radical (unpaired) electrons. The molecule has 0 fully saturated rings. The molecule has 21 heavy (non-hydrogen) atoms. The first-order chi connectivity index (χ1) is 9.93. The minimum Gasteiger partial charge on any atom is -0.421 e. The van der Waals surface area contributed by atoms with E-state index in [9.17, 15) is 14.9 Å². The number of H-pyrrole nitrogens is 1. The predicted octanol–water partition coefficient (Wildman–Crippen LogP) is 2.30. The van der Waals surface area contributed by atoms with E-state index in [4.69, 9.17) is 10.2 Å². The van der Waals surface area contributed by atoms with Crippen LogP contribution in [-0.4, -0.2) is 4.98 Å². The molecule has 0 unspecified atom stereocenters. The summed E-state index contributed by atoms with van der Waals surface area (Å²) in [7, 11) is 0. The Morgan fingerprint density at radius 1 is 1.24 bits per heavy atom. The Hall–Kier alpha value is -1.61. The van der Waals surface area contributed by atoms with E-state index in [1.165, 1.54) is 0 Å². The number of halogens is 2. The van der Waals surface area contributed by atoms with Crippen molar-refractivity contribution in [1.82, 2.24) is 4.98 Å². The summed E-state index contributed by atoms with van der Waals surface area (Å²) in [6.07, 6.45) is 0. The number of benzene rings is 1. The summed E-state index contributed by atoms with van der Waals surface area (Å²) in [6.45, 7) is 0. The number of nitrogens with zero attached hydrogens (tertiary/aromatic N) is 1. The summed E-state index contributed by atoms with van der Waals surface area (Å²) in [5.74, 6) is -0.0595. The van der Waals surface area contributed by atoms with Gasteiger partial charge in [0, 0.05) is 14.3 Å². The first-order valence-electron chi connectivity index (χ1n) is 5.61. The number of pyridine rings is 1. The third-order valence-electron chi connectivity index (χ3n) is 3.03. The number of fused-ring (bicyclic) bond motifs is 3. The van der Waals surface area contributed by atoms with Crippen molar-refractivity contribution in [2.24, 2.45) is 0 Å². The Bertz CT molecular complexity index is 1080. The Kier molecular flexibility index (Phi) is 3.40. The van der Waals surface area contributed by atoms with Gasteiger partial charge < -0.3 is 15.1 Å². The number of hydrogen-bond donors (Lipinski definition) is 2. The second-order valence-electron chi connectivity index (χ2n) is 4.26. The zero-order valence-electron chi connectivity index (χ0n) is 10.2. The number of aromatic nitrogens is 1. The first-order valence-corrected chi connectivity index (χ1v) is 7.77. The van der Waals surface area contributed by atoms with Crippen molar-refractivity contribution in [2.45, 2.75) is 0 Å². The van der Waals surface area contributed by atoms with E-state index in [2.05, 4.69) is 27.6 Å². The molecule has 2 heterocycles. The molecule has 0 bridgehead atoms. The molecule has 3 N–H and O–H groups in total. The van der Waals surface area contributed by atoms with Gasteiger partial charge in [0.25, 0.3) is 5.56 Å². The van der Waals surface area contributed by atoms with Gasteiger partial charge in [-0.1, -0.05) is 0 Å². The molecule has 0 amide bonds. The van der Waals surface area contributed by atoms with Crippen molar-refractivity contribution < 1.29 is 4.42 Å². The molecule has 3 aromatic rings. The Labute approximate surface area is 144 Å². The van der Waals surface area contributed by atoms with E-state index in [1.807, 2.05) is 34.7 Å². The third-order valence-corrected chi connectivity index (χ3v) is 4.46. The lowest BCUT2D eigenvalue weighted by Gasteiger charge is -2.07. The molecule has 8 heteroatoms. The average molecular weight is 505 g/mol. The number of hydrogen-bond acceptors (Lipinski definition) is 5. The van der Waals surface area contributed by atoms with Crippen LogP contribution in [0.15, 0.2) is 26.1 Å². The highest BCUT2D eigenvalue weighted by Crippen LogP contribution is 2.30. The maximum absolute atomic E-state index is 12.1. The molecule has 0 spiro atoms. The SMILES string of the molecule is N#Cc1c(N)[nH]c(=O)c2c(=O)oc3c(I)cc(I)cc3c12. The zero-order valence-corrected chi connectivity index (χ0v) is 14.5. The smallest absolute Gasteiger partial charge is 0.349 e. The fraction of sp³-hybridized carbons (Fsp3) is 0. The number of rotatable bonds is 0. The van der Waals surface area contributed by atoms with Crippen LogP contribution in [0.25, 0.3) is 21.7 Å². The second-order valence-corrected chi connectivity index (χ2v) is 6.67. The van der Waals surface area contributed by atoms with Crippen LogP contribution in [0, 0.1) is 18.5 Å². The molecule has 3 rings (SSSR count). The molecule has 0 aliphatic heterocycles. The lowest BCUT2D eigenvalue weighted by Crippen LogP contribution is -2.18. The molecule has 0 aliphatic carbocycles. The number of anilines is 1. The van der Waals surface area contributed by atoms with Crippen LogP contribution < -0.4 is 16.9 Å². The normalized spacial score (nSPS) is 10.9. The Morgan fingerprint density at radius 2 is 1.95 bits per heavy atom. The number of nitrogens with two attached hydrogens (primary N) is 1. The summed E-state index contributed by atoms with van der Waals surface area (Å²) in [4.78, 5) is 26.4. The molecule has 0 aliphatic rings. The van der Waals surface area contributed by atoms with Crippen LogP contribution >= 0.6 is 45.2 Å². The van der Waals surface area contributed by atoms with Gasteiger partial charge in [-0.25, -0.2) is 4.79 Å². The van der Waals surface area contributed by atoms with Gasteiger partial charge in [-0.2, -0.15) is 5.26 Å². The van der Waals surface area contributed by atoms with Crippen LogP contribution in [0.4, 0.5) is 5.82 Å². The minimum atomic E-state index is -0.783. The van der Waals surface area contributed by atoms with Crippen molar-refractivity contribution in [3.05, 3.63) is 45.6 Å². The topological polar surface area (TPSA) is 113 Å². The summed E-state index contributed by atoms with van der Waals surface area (Å²) >= 11 is 4.15. The monoisotopic (exact) mass is 505 g/mol. The highest BCUT2D eigenvalue weighted by molar-refractivity contribution is 14.1. The standard InChI is InChI=1S/C13H5I2N3O3/c14-4-1-5-8-6(3-16)11(17)18-12(19)9(8)13(20)21-10(5)7(15)2-4/h1-2H,(H3,17,18,19). The first kappa shape index (κ1) is 14.3. The van der Waals surface area contributed by atoms with E-state index in [0.717, 1.165) is 7.14 Å². The minimum absolute atomic E-state index is 0.0595. The molecule has 0 atom stereocenters. The van der Waals surface area contributed by atoms with Crippen molar-refractivity contribution in [3.63, 3.8) is 0 Å². The molecular weight excluding hydrogens is 500 g/mol. The van der Waals surface area contributed by atoms with Gasteiger partial charge in [-0.05, 0) is 57.3 Å². The molecule has 6 nitrogen and oxygen atoms in total. The number of nitriles is 1. The quantitative estimate of drug-likeness (QED) is 0.277. The number of nitrogen functional groups attached to an aromatic ring is 1. The lowest BCUT2D eigenvalue weighted by atomic mass is 10.0. The van der Waals surface area contributed by atoms with Gasteiger partial charge in [0.2, 0.25) is 0 Å². The van der Waals surface area contributed by atoms with Crippen LogP contribution in [-0.2, 0) is 0 Å². The Balaban J connectivity index is 2.83. The van der Waals surface area contributed by atoms with Crippen LogP contribution in [0.2, 0.25) is 0 Å². The third kappa shape index (κ3) is 2.11. The average Bonchev–Trinajstić information content (AvgIpc) is 2.40. The van der Waals surface area contributed by atoms with E-state index in [0.29, 0.717) is 11.0 Å². The van der Waals surface area contributed by atoms with E-state index >= 15 is 0 Å². The van der Waals surface area contributed by atoms with Gasteiger partial charge in [-0.3, -0.25) is 4.79 Å². The molecule has 104 valence electrons. The number of aromatic amines is 1. The van der Waals surface area contributed by atoms with Gasteiger partial charge in [0.05, 0.1) is 3.57 Å². The van der Waals surface area contributed by atoms with Crippen molar-refractivity contribution >= 4 is 72.7 Å². The molecule has 2 aromatic heterocycles. The van der Waals surface area contributed by atoms with Crippen molar-refractivity contribution in [2.75, 3.05) is 5.73 Å². The summed E-state index contributed by atoms with van der Waals surface area (Å²) in [5, 5.41) is 9.88. The second kappa shape index (κ2) is 4.99. The fourth-order valence-corrected chi connectivity index (χ4v) is 4.15. The van der Waals surface area contributed by atoms with Crippen molar-refractivity contribution in [1.29, 1.82) is 5.26 Å². The summed E-state index contributed by atoms with van der Waals surface area (Å²) in [5.41, 5.74) is 4.67. The van der Waals surface area contributed by atoms with Gasteiger partial charge >= 0.3 is 5.63 Å². The molecule has 1 aromatic carbocycles. The van der Waals surface area contributed by atoms with Crippen LogP contribution in [0.5, 0.6) is 0 Å². The number of nitrogens with one attached hydrogen (secondary N) is 1. The molecule has 0 saturated carbocycles. The van der Waals surface area contributed by atoms with Crippen molar-refractivity contribution in [3.8, 4) is 6.07 Å². The summed E-state index contributed by atoms with van der Waals surface area (Å²) < 4.78 is 6.85. The zero-order chi connectivity index (χ0) is 15.3. The fourth-order valence-electron chi connectivity index (χ4n) is 2.19. The maximum atomic E-state index is 12.1. The highest BCUT2D eigenvalue weighted by Gasteiger charge is 2.19. The van der Waals surface area contributed by atoms with E-state index < -0.39 is 11.2 Å². The predicted molar refractivity (Wildman–Crippen MR) is 95.2 cm³/mol. The molecular formula is C13H5I2N3O3. The van der Waals surface area contributed by atoms with Gasteiger partial charge in [0.1, 0.15) is 22.8 Å². The highest BCUT2D eigenvalue weighted by atomic mass is 127. The maximum Gasteiger partial charge on any atom is 0.349 e. The Morgan fingerprint density at radius 3 is 2.62 bits per heavy atom. The van der Waals surface area contributed by atoms with E-state index in [1.54, 1.807) is 6.07 Å².